The molecule has 0 N–H and O–H groups in total. The number of hydrogen-bond acceptors (Lipinski definition) is 2. The zero-order valence-corrected chi connectivity index (χ0v) is 10.4. The third-order valence-electron chi connectivity index (χ3n) is 3.97. The summed E-state index contributed by atoms with van der Waals surface area (Å²) in [5.74, 6) is 0.186. The van der Waals surface area contributed by atoms with Crippen molar-refractivity contribution in [1.82, 2.24) is 0 Å². The van der Waals surface area contributed by atoms with E-state index in [1.54, 1.807) is 6.92 Å². The number of carbonyl (C=O) groups is 1. The Balaban J connectivity index is 1.96. The second kappa shape index (κ2) is 4.17. The zero-order chi connectivity index (χ0) is 11.8. The molecule has 0 radical (unpaired) electrons. The van der Waals surface area contributed by atoms with Crippen molar-refractivity contribution in [3.8, 4) is 0 Å². The molecule has 2 saturated carbocycles. The van der Waals surface area contributed by atoms with Gasteiger partial charge in [0, 0.05) is 23.3 Å². The molecule has 2 heteroatoms. The second-order valence-electron chi connectivity index (χ2n) is 5.30. The highest BCUT2D eigenvalue weighted by atomic mass is 16.1. The minimum absolute atomic E-state index is 0.186. The number of anilines is 1. The van der Waals surface area contributed by atoms with Crippen LogP contribution in [0.2, 0.25) is 0 Å². The van der Waals surface area contributed by atoms with Gasteiger partial charge in [0.05, 0.1) is 0 Å². The summed E-state index contributed by atoms with van der Waals surface area (Å²) in [6, 6.07) is 9.48. The average Bonchev–Trinajstić information content (AvgIpc) is 3.07. The maximum absolute atomic E-state index is 11.7. The van der Waals surface area contributed by atoms with E-state index < -0.39 is 0 Å². The highest BCUT2D eigenvalue weighted by Crippen LogP contribution is 2.40. The Morgan fingerprint density at radius 1 is 1.12 bits per heavy atom. The molecule has 0 spiro atoms. The van der Waals surface area contributed by atoms with Crippen molar-refractivity contribution >= 4 is 11.5 Å². The van der Waals surface area contributed by atoms with E-state index in [2.05, 4.69) is 17.0 Å². The van der Waals surface area contributed by atoms with Crippen LogP contribution in [0.15, 0.2) is 24.3 Å². The molecule has 2 nitrogen and oxygen atoms in total. The minimum Gasteiger partial charge on any atom is -0.365 e. The number of Topliss-reactive ketones (excluding diaryl/α,β-unsaturated/α-hetero) is 1. The van der Waals surface area contributed by atoms with Crippen molar-refractivity contribution in [3.63, 3.8) is 0 Å². The highest BCUT2D eigenvalue weighted by Gasteiger charge is 2.37. The van der Waals surface area contributed by atoms with Crippen molar-refractivity contribution in [3.05, 3.63) is 29.8 Å². The van der Waals surface area contributed by atoms with E-state index in [9.17, 15) is 4.79 Å². The molecule has 0 saturated heterocycles. The van der Waals surface area contributed by atoms with Crippen molar-refractivity contribution < 1.29 is 4.79 Å². The predicted octanol–water partition coefficient (Wildman–Crippen LogP) is 3.41. The van der Waals surface area contributed by atoms with Crippen molar-refractivity contribution in [1.29, 1.82) is 0 Å². The van der Waals surface area contributed by atoms with Crippen LogP contribution in [0.5, 0.6) is 0 Å². The van der Waals surface area contributed by atoms with Gasteiger partial charge in [0.15, 0.2) is 5.78 Å². The average molecular weight is 229 g/mol. The molecule has 1 aromatic rings. The SMILES string of the molecule is CC(=O)c1ccccc1N(C1CCC1)C1CC1. The molecule has 2 fully saturated rings. The first-order valence-corrected chi connectivity index (χ1v) is 6.65. The number of hydrogen-bond donors (Lipinski definition) is 0. The van der Waals surface area contributed by atoms with Gasteiger partial charge in [-0.15, -0.1) is 0 Å². The molecule has 90 valence electrons. The molecule has 0 bridgehead atoms. The third-order valence-corrected chi connectivity index (χ3v) is 3.97. The normalized spacial score (nSPS) is 19.8. The van der Waals surface area contributed by atoms with Crippen LogP contribution in [0.25, 0.3) is 0 Å². The number of carbonyl (C=O) groups excluding carboxylic acids is 1. The van der Waals surface area contributed by atoms with Crippen LogP contribution in [0.4, 0.5) is 5.69 Å². The summed E-state index contributed by atoms with van der Waals surface area (Å²) in [5.41, 5.74) is 2.07. The van der Waals surface area contributed by atoms with Gasteiger partial charge < -0.3 is 4.90 Å². The molecule has 2 aliphatic carbocycles. The lowest BCUT2D eigenvalue weighted by molar-refractivity contribution is 0.101. The first kappa shape index (κ1) is 10.8. The molecule has 0 unspecified atom stereocenters. The Kier molecular flexibility index (Phi) is 2.65. The fourth-order valence-corrected chi connectivity index (χ4v) is 2.71. The quantitative estimate of drug-likeness (QED) is 0.737. The lowest BCUT2D eigenvalue weighted by Gasteiger charge is -2.40. The van der Waals surface area contributed by atoms with Crippen LogP contribution in [0, 0.1) is 0 Å². The largest absolute Gasteiger partial charge is 0.365 e. The number of rotatable bonds is 4. The standard InChI is InChI=1S/C15H19NO/c1-11(17)14-7-2-3-8-15(14)16(13-9-10-13)12-5-4-6-12/h2-3,7-8,12-13H,4-6,9-10H2,1H3. The molecular formula is C15H19NO. The number of benzene rings is 1. The van der Waals surface area contributed by atoms with Crippen LogP contribution >= 0.6 is 0 Å². The third kappa shape index (κ3) is 1.97. The number of nitrogens with zero attached hydrogens (tertiary/aromatic N) is 1. The summed E-state index contributed by atoms with van der Waals surface area (Å²) >= 11 is 0. The Hall–Kier alpha value is -1.31. The Labute approximate surface area is 103 Å². The lowest BCUT2D eigenvalue weighted by Crippen LogP contribution is -2.42. The smallest absolute Gasteiger partial charge is 0.161 e. The van der Waals surface area contributed by atoms with Crippen molar-refractivity contribution in [2.24, 2.45) is 0 Å². The first-order valence-electron chi connectivity index (χ1n) is 6.65. The second-order valence-corrected chi connectivity index (χ2v) is 5.30. The molecular weight excluding hydrogens is 210 g/mol. The van der Waals surface area contributed by atoms with Gasteiger partial charge in [0.1, 0.15) is 0 Å². The van der Waals surface area contributed by atoms with Gasteiger partial charge in [-0.25, -0.2) is 0 Å². The van der Waals surface area contributed by atoms with Gasteiger partial charge >= 0.3 is 0 Å². The summed E-state index contributed by atoms with van der Waals surface area (Å²) in [4.78, 5) is 14.2. The summed E-state index contributed by atoms with van der Waals surface area (Å²) < 4.78 is 0. The molecule has 0 aliphatic heterocycles. The number of ketones is 1. The molecule has 0 amide bonds. The van der Waals surface area contributed by atoms with Crippen LogP contribution in [0.3, 0.4) is 0 Å². The predicted molar refractivity (Wildman–Crippen MR) is 69.6 cm³/mol. The van der Waals surface area contributed by atoms with Crippen molar-refractivity contribution in [2.75, 3.05) is 4.90 Å². The topological polar surface area (TPSA) is 20.3 Å². The fourth-order valence-electron chi connectivity index (χ4n) is 2.71. The van der Waals surface area contributed by atoms with Crippen LogP contribution in [-0.4, -0.2) is 17.9 Å². The molecule has 3 rings (SSSR count). The van der Waals surface area contributed by atoms with E-state index in [1.165, 1.54) is 37.8 Å². The Morgan fingerprint density at radius 3 is 2.29 bits per heavy atom. The minimum atomic E-state index is 0.186. The Morgan fingerprint density at radius 2 is 1.76 bits per heavy atom. The van der Waals surface area contributed by atoms with E-state index >= 15 is 0 Å². The fraction of sp³-hybridized carbons (Fsp3) is 0.533. The van der Waals surface area contributed by atoms with Gasteiger partial charge in [0.2, 0.25) is 0 Å². The molecule has 2 aliphatic rings. The van der Waals surface area contributed by atoms with Gasteiger partial charge in [-0.1, -0.05) is 12.1 Å². The van der Waals surface area contributed by atoms with Gasteiger partial charge in [-0.3, -0.25) is 4.79 Å². The lowest BCUT2D eigenvalue weighted by atomic mass is 9.90. The first-order chi connectivity index (χ1) is 8.27. The van der Waals surface area contributed by atoms with Crippen LogP contribution in [-0.2, 0) is 0 Å². The zero-order valence-electron chi connectivity index (χ0n) is 10.4. The van der Waals surface area contributed by atoms with Gasteiger partial charge in [-0.05, 0) is 51.2 Å². The molecule has 0 aromatic heterocycles. The van der Waals surface area contributed by atoms with Crippen molar-refractivity contribution in [2.45, 2.75) is 51.1 Å². The van der Waals surface area contributed by atoms with Gasteiger partial charge in [-0.2, -0.15) is 0 Å². The van der Waals surface area contributed by atoms with E-state index in [0.29, 0.717) is 12.1 Å². The van der Waals surface area contributed by atoms with Gasteiger partial charge in [0.25, 0.3) is 0 Å². The number of para-hydroxylation sites is 1. The molecule has 0 heterocycles. The summed E-state index contributed by atoms with van der Waals surface area (Å²) in [6.07, 6.45) is 6.52. The monoisotopic (exact) mass is 229 g/mol. The van der Waals surface area contributed by atoms with Crippen LogP contribution < -0.4 is 4.90 Å². The summed E-state index contributed by atoms with van der Waals surface area (Å²) in [7, 11) is 0. The van der Waals surface area contributed by atoms with E-state index in [4.69, 9.17) is 0 Å². The molecule has 17 heavy (non-hydrogen) atoms. The summed E-state index contributed by atoms with van der Waals surface area (Å²) in [6.45, 7) is 1.67. The molecule has 0 atom stereocenters. The summed E-state index contributed by atoms with van der Waals surface area (Å²) in [5, 5.41) is 0. The highest BCUT2D eigenvalue weighted by molar-refractivity contribution is 5.99. The van der Waals surface area contributed by atoms with E-state index in [1.807, 2.05) is 12.1 Å². The van der Waals surface area contributed by atoms with E-state index in [0.717, 1.165) is 5.56 Å². The van der Waals surface area contributed by atoms with Crippen LogP contribution in [0.1, 0.15) is 49.4 Å². The maximum Gasteiger partial charge on any atom is 0.161 e. The Bertz CT molecular complexity index is 432. The maximum atomic E-state index is 11.7. The van der Waals surface area contributed by atoms with E-state index in [-0.39, 0.29) is 5.78 Å². The molecule has 1 aromatic carbocycles.